The molecule has 4 heteroatoms. The Hall–Kier alpha value is -0.710. The lowest BCUT2D eigenvalue weighted by Gasteiger charge is -2.20. The van der Waals surface area contributed by atoms with Crippen LogP contribution in [0.3, 0.4) is 0 Å². The molecular formula is C15H25NO2S. The Bertz CT molecular complexity index is 347. The normalized spacial score (nSPS) is 12.4. The van der Waals surface area contributed by atoms with E-state index >= 15 is 0 Å². The van der Waals surface area contributed by atoms with Crippen molar-refractivity contribution in [3.05, 3.63) is 29.8 Å². The molecule has 1 aromatic rings. The SMILES string of the molecule is CCNC(CSCCCOC)c1ccccc1OC. The molecule has 1 N–H and O–H groups in total. The molecule has 0 aliphatic rings. The molecule has 0 saturated heterocycles. The zero-order valence-electron chi connectivity index (χ0n) is 12.1. The van der Waals surface area contributed by atoms with Gasteiger partial charge in [0.2, 0.25) is 0 Å². The van der Waals surface area contributed by atoms with E-state index in [-0.39, 0.29) is 0 Å². The number of para-hydroxylation sites is 1. The first-order valence-electron chi connectivity index (χ1n) is 6.76. The van der Waals surface area contributed by atoms with E-state index < -0.39 is 0 Å². The zero-order valence-corrected chi connectivity index (χ0v) is 13.0. The summed E-state index contributed by atoms with van der Waals surface area (Å²) in [5.74, 6) is 3.15. The maximum absolute atomic E-state index is 5.45. The molecule has 1 rings (SSSR count). The van der Waals surface area contributed by atoms with Crippen LogP contribution >= 0.6 is 11.8 Å². The van der Waals surface area contributed by atoms with Crippen molar-refractivity contribution in [2.75, 3.05) is 38.9 Å². The van der Waals surface area contributed by atoms with Crippen LogP contribution in [-0.2, 0) is 4.74 Å². The van der Waals surface area contributed by atoms with Crippen LogP contribution in [0, 0.1) is 0 Å². The van der Waals surface area contributed by atoms with Crippen molar-refractivity contribution in [3.8, 4) is 5.75 Å². The molecule has 1 unspecified atom stereocenters. The lowest BCUT2D eigenvalue weighted by Crippen LogP contribution is -2.23. The number of thioether (sulfide) groups is 1. The Labute approximate surface area is 121 Å². The highest BCUT2D eigenvalue weighted by Crippen LogP contribution is 2.27. The van der Waals surface area contributed by atoms with Gasteiger partial charge in [0.05, 0.1) is 7.11 Å². The van der Waals surface area contributed by atoms with Gasteiger partial charge in [0.1, 0.15) is 5.75 Å². The maximum atomic E-state index is 5.45. The summed E-state index contributed by atoms with van der Waals surface area (Å²) in [5, 5.41) is 3.53. The van der Waals surface area contributed by atoms with Gasteiger partial charge in [0.15, 0.2) is 0 Å². The summed E-state index contributed by atoms with van der Waals surface area (Å²) < 4.78 is 10.5. The van der Waals surface area contributed by atoms with E-state index in [1.807, 2.05) is 23.9 Å². The van der Waals surface area contributed by atoms with Gasteiger partial charge in [0.25, 0.3) is 0 Å². The number of methoxy groups -OCH3 is 2. The second kappa shape index (κ2) is 10.1. The van der Waals surface area contributed by atoms with E-state index in [1.165, 1.54) is 5.56 Å². The first kappa shape index (κ1) is 16.3. The number of ether oxygens (including phenoxy) is 2. The second-order valence-corrected chi connectivity index (χ2v) is 5.42. The van der Waals surface area contributed by atoms with Crippen molar-refractivity contribution < 1.29 is 9.47 Å². The quantitative estimate of drug-likeness (QED) is 0.668. The topological polar surface area (TPSA) is 30.5 Å². The monoisotopic (exact) mass is 283 g/mol. The van der Waals surface area contributed by atoms with Gasteiger partial charge in [0, 0.05) is 31.1 Å². The van der Waals surface area contributed by atoms with E-state index in [4.69, 9.17) is 9.47 Å². The van der Waals surface area contributed by atoms with Crippen molar-refractivity contribution in [3.63, 3.8) is 0 Å². The molecule has 0 aromatic heterocycles. The molecule has 0 spiro atoms. The van der Waals surface area contributed by atoms with Crippen LogP contribution in [0.15, 0.2) is 24.3 Å². The first-order chi connectivity index (χ1) is 9.33. The molecule has 0 fully saturated rings. The lowest BCUT2D eigenvalue weighted by molar-refractivity contribution is 0.200. The highest BCUT2D eigenvalue weighted by Gasteiger charge is 2.14. The minimum absolute atomic E-state index is 0.341. The third-order valence-electron chi connectivity index (χ3n) is 2.89. The third kappa shape index (κ3) is 5.85. The van der Waals surface area contributed by atoms with Crippen LogP contribution in [0.4, 0.5) is 0 Å². The third-order valence-corrected chi connectivity index (χ3v) is 4.03. The molecule has 1 aromatic carbocycles. The number of benzene rings is 1. The van der Waals surface area contributed by atoms with E-state index in [0.717, 1.165) is 36.8 Å². The predicted molar refractivity (Wildman–Crippen MR) is 83.2 cm³/mol. The number of hydrogen-bond acceptors (Lipinski definition) is 4. The Morgan fingerprint density at radius 3 is 2.74 bits per heavy atom. The van der Waals surface area contributed by atoms with Gasteiger partial charge in [-0.2, -0.15) is 11.8 Å². The standard InChI is InChI=1S/C15H25NO2S/c1-4-16-14(12-19-11-7-10-17-2)13-8-5-6-9-15(13)18-3/h5-6,8-9,14,16H,4,7,10-12H2,1-3H3. The van der Waals surface area contributed by atoms with Gasteiger partial charge in [-0.05, 0) is 24.8 Å². The van der Waals surface area contributed by atoms with Crippen LogP contribution in [0.5, 0.6) is 5.75 Å². The molecule has 3 nitrogen and oxygen atoms in total. The van der Waals surface area contributed by atoms with Crippen molar-refractivity contribution in [1.29, 1.82) is 0 Å². The number of nitrogens with one attached hydrogen (secondary N) is 1. The fourth-order valence-corrected chi connectivity index (χ4v) is 2.99. The molecule has 0 radical (unpaired) electrons. The minimum Gasteiger partial charge on any atom is -0.496 e. The van der Waals surface area contributed by atoms with Gasteiger partial charge in [-0.1, -0.05) is 25.1 Å². The molecule has 0 aliphatic carbocycles. The van der Waals surface area contributed by atoms with Crippen LogP contribution in [0.25, 0.3) is 0 Å². The predicted octanol–water partition coefficient (Wildman–Crippen LogP) is 3.12. The fraction of sp³-hybridized carbons (Fsp3) is 0.600. The minimum atomic E-state index is 0.341. The van der Waals surface area contributed by atoms with E-state index in [2.05, 4.69) is 24.4 Å². The van der Waals surface area contributed by atoms with Gasteiger partial charge in [-0.25, -0.2) is 0 Å². The Kier molecular flexibility index (Phi) is 8.71. The zero-order chi connectivity index (χ0) is 13.9. The summed E-state index contributed by atoms with van der Waals surface area (Å²) >= 11 is 1.96. The molecule has 1 atom stereocenters. The molecule has 0 bridgehead atoms. The van der Waals surface area contributed by atoms with E-state index in [1.54, 1.807) is 14.2 Å². The second-order valence-electron chi connectivity index (χ2n) is 4.27. The number of hydrogen-bond donors (Lipinski definition) is 1. The van der Waals surface area contributed by atoms with Gasteiger partial charge < -0.3 is 14.8 Å². The lowest BCUT2D eigenvalue weighted by atomic mass is 10.1. The Morgan fingerprint density at radius 1 is 1.26 bits per heavy atom. The molecule has 19 heavy (non-hydrogen) atoms. The van der Waals surface area contributed by atoms with Crippen LogP contribution < -0.4 is 10.1 Å². The first-order valence-corrected chi connectivity index (χ1v) is 7.91. The fourth-order valence-electron chi connectivity index (χ4n) is 1.97. The molecule has 0 saturated carbocycles. The number of rotatable bonds is 10. The summed E-state index contributed by atoms with van der Waals surface area (Å²) in [6, 6.07) is 8.58. The largest absolute Gasteiger partial charge is 0.496 e. The molecular weight excluding hydrogens is 258 g/mol. The smallest absolute Gasteiger partial charge is 0.123 e. The van der Waals surface area contributed by atoms with Crippen LogP contribution in [0.2, 0.25) is 0 Å². The molecule has 108 valence electrons. The van der Waals surface area contributed by atoms with E-state index in [0.29, 0.717) is 6.04 Å². The van der Waals surface area contributed by atoms with Gasteiger partial charge in [-0.3, -0.25) is 0 Å². The van der Waals surface area contributed by atoms with Gasteiger partial charge >= 0.3 is 0 Å². The van der Waals surface area contributed by atoms with E-state index in [9.17, 15) is 0 Å². The molecule has 0 amide bonds. The molecule has 0 aliphatic heterocycles. The van der Waals surface area contributed by atoms with Crippen LogP contribution in [-0.4, -0.2) is 38.9 Å². The van der Waals surface area contributed by atoms with Crippen molar-refractivity contribution >= 4 is 11.8 Å². The summed E-state index contributed by atoms with van der Waals surface area (Å²) in [7, 11) is 3.48. The average Bonchev–Trinajstić information content (AvgIpc) is 2.46. The summed E-state index contributed by atoms with van der Waals surface area (Å²) in [6.07, 6.45) is 1.10. The highest BCUT2D eigenvalue weighted by atomic mass is 32.2. The average molecular weight is 283 g/mol. The van der Waals surface area contributed by atoms with Crippen molar-refractivity contribution in [2.45, 2.75) is 19.4 Å². The summed E-state index contributed by atoms with van der Waals surface area (Å²) in [4.78, 5) is 0. The maximum Gasteiger partial charge on any atom is 0.123 e. The highest BCUT2D eigenvalue weighted by molar-refractivity contribution is 7.99. The molecule has 0 heterocycles. The Morgan fingerprint density at radius 2 is 2.05 bits per heavy atom. The van der Waals surface area contributed by atoms with Crippen molar-refractivity contribution in [2.24, 2.45) is 0 Å². The van der Waals surface area contributed by atoms with Gasteiger partial charge in [-0.15, -0.1) is 0 Å². The van der Waals surface area contributed by atoms with Crippen molar-refractivity contribution in [1.82, 2.24) is 5.32 Å². The Balaban J connectivity index is 2.55. The summed E-state index contributed by atoms with van der Waals surface area (Å²) in [6.45, 7) is 3.94. The van der Waals surface area contributed by atoms with Crippen LogP contribution in [0.1, 0.15) is 24.9 Å². The summed E-state index contributed by atoms with van der Waals surface area (Å²) in [5.41, 5.74) is 1.24.